The van der Waals surface area contributed by atoms with E-state index in [2.05, 4.69) is 11.9 Å². The van der Waals surface area contributed by atoms with E-state index in [1.54, 1.807) is 19.5 Å². The van der Waals surface area contributed by atoms with E-state index in [-0.39, 0.29) is 5.91 Å². The Kier molecular flexibility index (Phi) is 4.46. The van der Waals surface area contributed by atoms with Gasteiger partial charge < -0.3 is 14.4 Å². The zero-order valence-electron chi connectivity index (χ0n) is 13.4. The minimum Gasteiger partial charge on any atom is -0.496 e. The third-order valence-corrected chi connectivity index (χ3v) is 3.92. The van der Waals surface area contributed by atoms with Crippen molar-refractivity contribution >= 4 is 5.91 Å². The van der Waals surface area contributed by atoms with E-state index in [1.165, 1.54) is 0 Å². The molecule has 0 fully saturated rings. The lowest BCUT2D eigenvalue weighted by atomic mass is 10.1. The number of rotatable bonds is 6. The molecule has 0 radical (unpaired) electrons. The van der Waals surface area contributed by atoms with Gasteiger partial charge in [-0.3, -0.25) is 9.78 Å². The van der Waals surface area contributed by atoms with Gasteiger partial charge in [-0.15, -0.1) is 0 Å². The van der Waals surface area contributed by atoms with Gasteiger partial charge in [-0.25, -0.2) is 0 Å². The molecule has 1 aromatic carbocycles. The fraction of sp³-hybridized carbons (Fsp3) is 0.333. The average molecular weight is 312 g/mol. The van der Waals surface area contributed by atoms with E-state index >= 15 is 0 Å². The molecule has 1 aromatic heterocycles. The Morgan fingerprint density at radius 3 is 2.96 bits per heavy atom. The van der Waals surface area contributed by atoms with Crippen LogP contribution in [0.2, 0.25) is 0 Å². The van der Waals surface area contributed by atoms with Crippen molar-refractivity contribution in [1.29, 1.82) is 0 Å². The maximum atomic E-state index is 12.2. The van der Waals surface area contributed by atoms with Gasteiger partial charge in [-0.05, 0) is 36.2 Å². The maximum absolute atomic E-state index is 12.2. The first-order chi connectivity index (χ1) is 11.2. The van der Waals surface area contributed by atoms with Crippen LogP contribution >= 0.6 is 0 Å². The molecule has 0 spiro atoms. The largest absolute Gasteiger partial charge is 0.496 e. The van der Waals surface area contributed by atoms with Crippen molar-refractivity contribution in [2.24, 2.45) is 0 Å². The zero-order chi connectivity index (χ0) is 16.2. The molecule has 0 saturated heterocycles. The Bertz CT molecular complexity index is 715. The van der Waals surface area contributed by atoms with Gasteiger partial charge in [0.2, 0.25) is 0 Å². The molecule has 0 unspecified atom stereocenters. The summed E-state index contributed by atoms with van der Waals surface area (Å²) in [5.41, 5.74) is 2.70. The molecule has 0 N–H and O–H groups in total. The molecule has 2 heterocycles. The van der Waals surface area contributed by atoms with E-state index in [4.69, 9.17) is 9.47 Å². The van der Waals surface area contributed by atoms with E-state index in [0.29, 0.717) is 13.2 Å². The molecule has 0 saturated carbocycles. The molecule has 3 rings (SSSR count). The number of benzene rings is 1. The minimum absolute atomic E-state index is 0.113. The summed E-state index contributed by atoms with van der Waals surface area (Å²) in [6, 6.07) is 7.45. The van der Waals surface area contributed by atoms with Crippen LogP contribution in [0, 0.1) is 0 Å². The van der Waals surface area contributed by atoms with Gasteiger partial charge in [0.25, 0.3) is 5.91 Å². The molecule has 0 bridgehead atoms. The van der Waals surface area contributed by atoms with Gasteiger partial charge in [-0.1, -0.05) is 6.92 Å². The molecule has 5 heteroatoms. The molecule has 5 nitrogen and oxygen atoms in total. The van der Waals surface area contributed by atoms with Crippen LogP contribution in [-0.4, -0.2) is 29.4 Å². The smallest absolute Gasteiger partial charge is 0.254 e. The van der Waals surface area contributed by atoms with Crippen molar-refractivity contribution in [1.82, 2.24) is 9.88 Å². The van der Waals surface area contributed by atoms with E-state index in [0.717, 1.165) is 41.2 Å². The zero-order valence-corrected chi connectivity index (χ0v) is 13.4. The second-order valence-corrected chi connectivity index (χ2v) is 5.52. The lowest BCUT2D eigenvalue weighted by Gasteiger charge is -2.13. The number of ether oxygens (including phenoxy) is 2. The highest BCUT2D eigenvalue weighted by molar-refractivity contribution is 5.98. The predicted octanol–water partition coefficient (Wildman–Crippen LogP) is 3.04. The summed E-state index contributed by atoms with van der Waals surface area (Å²) in [6.45, 7) is 3.90. The molecule has 0 aliphatic carbocycles. The lowest BCUT2D eigenvalue weighted by molar-refractivity contribution is 0.0778. The summed E-state index contributed by atoms with van der Waals surface area (Å²) in [6.07, 6.45) is 4.38. The van der Waals surface area contributed by atoms with Gasteiger partial charge in [0.15, 0.2) is 0 Å². The summed E-state index contributed by atoms with van der Waals surface area (Å²) in [5, 5.41) is 0. The third-order valence-electron chi connectivity index (χ3n) is 3.92. The monoisotopic (exact) mass is 312 g/mol. The van der Waals surface area contributed by atoms with Gasteiger partial charge in [0, 0.05) is 36.6 Å². The van der Waals surface area contributed by atoms with Crippen molar-refractivity contribution in [2.75, 3.05) is 13.7 Å². The van der Waals surface area contributed by atoms with Crippen molar-refractivity contribution in [3.8, 4) is 11.5 Å². The van der Waals surface area contributed by atoms with Gasteiger partial charge >= 0.3 is 0 Å². The summed E-state index contributed by atoms with van der Waals surface area (Å²) < 4.78 is 11.1. The fourth-order valence-electron chi connectivity index (χ4n) is 2.78. The molecule has 120 valence electrons. The molecule has 1 aliphatic heterocycles. The quantitative estimate of drug-likeness (QED) is 0.822. The molecule has 23 heavy (non-hydrogen) atoms. The number of fused-ring (bicyclic) bond motifs is 1. The van der Waals surface area contributed by atoms with E-state index in [1.807, 2.05) is 29.2 Å². The van der Waals surface area contributed by atoms with Gasteiger partial charge in [0.1, 0.15) is 18.1 Å². The fourth-order valence-corrected chi connectivity index (χ4v) is 2.78. The number of methoxy groups -OCH3 is 1. The van der Waals surface area contributed by atoms with Crippen molar-refractivity contribution in [3.63, 3.8) is 0 Å². The van der Waals surface area contributed by atoms with Crippen LogP contribution in [0.4, 0.5) is 0 Å². The van der Waals surface area contributed by atoms with Crippen molar-refractivity contribution < 1.29 is 14.3 Å². The molecule has 1 amide bonds. The predicted molar refractivity (Wildman–Crippen MR) is 86.6 cm³/mol. The number of hydrogen-bond donors (Lipinski definition) is 0. The number of nitrogens with zero attached hydrogens (tertiary/aromatic N) is 2. The number of carbonyl (C=O) groups is 1. The standard InChI is InChI=1S/C18H20N2O3/c1-3-8-20-11-13-9-15(4-5-16(13)18(20)21)23-12-14-10-19-7-6-17(14)22-2/h4-7,9-10H,3,8,11-12H2,1-2H3. The van der Waals surface area contributed by atoms with Crippen molar-refractivity contribution in [2.45, 2.75) is 26.5 Å². The normalized spacial score (nSPS) is 13.1. The first-order valence-electron chi connectivity index (χ1n) is 7.74. The van der Waals surface area contributed by atoms with Gasteiger partial charge in [-0.2, -0.15) is 0 Å². The van der Waals surface area contributed by atoms with Crippen LogP contribution in [0.5, 0.6) is 11.5 Å². The highest BCUT2D eigenvalue weighted by Crippen LogP contribution is 2.28. The minimum atomic E-state index is 0.113. The Hall–Kier alpha value is -2.56. The number of pyridine rings is 1. The first-order valence-corrected chi connectivity index (χ1v) is 7.74. The van der Waals surface area contributed by atoms with Gasteiger partial charge in [0.05, 0.1) is 7.11 Å². The van der Waals surface area contributed by atoms with Crippen molar-refractivity contribution in [3.05, 3.63) is 53.3 Å². The summed E-state index contributed by atoms with van der Waals surface area (Å²) in [4.78, 5) is 18.2. The molecule has 1 aliphatic rings. The summed E-state index contributed by atoms with van der Waals surface area (Å²) in [5.74, 6) is 1.62. The molecule has 0 atom stereocenters. The lowest BCUT2D eigenvalue weighted by Crippen LogP contribution is -2.24. The Balaban J connectivity index is 1.72. The van der Waals surface area contributed by atoms with Crippen LogP contribution in [0.3, 0.4) is 0 Å². The SMILES string of the molecule is CCCN1Cc2cc(OCc3cnccc3OC)ccc2C1=O. The Morgan fingerprint density at radius 1 is 1.30 bits per heavy atom. The highest BCUT2D eigenvalue weighted by Gasteiger charge is 2.26. The topological polar surface area (TPSA) is 51.7 Å². The Morgan fingerprint density at radius 2 is 2.17 bits per heavy atom. The summed E-state index contributed by atoms with van der Waals surface area (Å²) >= 11 is 0. The molecular formula is C18H20N2O3. The second kappa shape index (κ2) is 6.69. The van der Waals surface area contributed by atoms with E-state index < -0.39 is 0 Å². The third kappa shape index (κ3) is 3.13. The van der Waals surface area contributed by atoms with Crippen LogP contribution in [0.15, 0.2) is 36.7 Å². The summed E-state index contributed by atoms with van der Waals surface area (Å²) in [7, 11) is 1.63. The number of amides is 1. The number of aromatic nitrogens is 1. The van der Waals surface area contributed by atoms with E-state index in [9.17, 15) is 4.79 Å². The molecule has 2 aromatic rings. The van der Waals surface area contributed by atoms with Crippen LogP contribution < -0.4 is 9.47 Å². The molecular weight excluding hydrogens is 292 g/mol. The van der Waals surface area contributed by atoms with Crippen LogP contribution in [0.25, 0.3) is 0 Å². The average Bonchev–Trinajstić information content (AvgIpc) is 2.89. The van der Waals surface area contributed by atoms with Crippen LogP contribution in [-0.2, 0) is 13.2 Å². The first kappa shape index (κ1) is 15.3. The highest BCUT2D eigenvalue weighted by atomic mass is 16.5. The second-order valence-electron chi connectivity index (χ2n) is 5.52. The number of hydrogen-bond acceptors (Lipinski definition) is 4. The van der Waals surface area contributed by atoms with Crippen LogP contribution in [0.1, 0.15) is 34.8 Å². The number of carbonyl (C=O) groups excluding carboxylic acids is 1. The Labute approximate surface area is 135 Å². The maximum Gasteiger partial charge on any atom is 0.254 e.